The van der Waals surface area contributed by atoms with E-state index < -0.39 is 0 Å². The van der Waals surface area contributed by atoms with Crippen molar-refractivity contribution >= 4 is 40.7 Å². The van der Waals surface area contributed by atoms with Crippen LogP contribution in [0.3, 0.4) is 0 Å². The van der Waals surface area contributed by atoms with Crippen LogP contribution in [0.25, 0.3) is 0 Å². The minimum absolute atomic E-state index is 0.0185. The number of carbonyl (C=O) groups excluding carboxylic acids is 1. The molecule has 2 aromatic carbocycles. The SMILES string of the molecule is COc1cccc(C(=O)CSc2cc(Cl)ccc2Cl)c1. The zero-order valence-corrected chi connectivity index (χ0v) is 13.1. The number of hydrogen-bond acceptors (Lipinski definition) is 3. The molecule has 2 aromatic rings. The number of rotatable bonds is 5. The van der Waals surface area contributed by atoms with E-state index in [1.807, 2.05) is 0 Å². The van der Waals surface area contributed by atoms with Gasteiger partial charge in [0.2, 0.25) is 0 Å². The molecule has 0 unspecified atom stereocenters. The van der Waals surface area contributed by atoms with Crippen LogP contribution in [0.4, 0.5) is 0 Å². The summed E-state index contributed by atoms with van der Waals surface area (Å²) < 4.78 is 5.11. The summed E-state index contributed by atoms with van der Waals surface area (Å²) in [5.74, 6) is 0.985. The van der Waals surface area contributed by atoms with Crippen molar-refractivity contribution in [2.45, 2.75) is 4.90 Å². The van der Waals surface area contributed by atoms with E-state index in [0.29, 0.717) is 27.1 Å². The van der Waals surface area contributed by atoms with Gasteiger partial charge >= 0.3 is 0 Å². The van der Waals surface area contributed by atoms with Crippen LogP contribution in [0.1, 0.15) is 10.4 Å². The van der Waals surface area contributed by atoms with Gasteiger partial charge in [-0.1, -0.05) is 35.3 Å². The highest BCUT2D eigenvalue weighted by molar-refractivity contribution is 8.00. The topological polar surface area (TPSA) is 26.3 Å². The van der Waals surface area contributed by atoms with Crippen LogP contribution in [-0.4, -0.2) is 18.6 Å². The van der Waals surface area contributed by atoms with E-state index >= 15 is 0 Å². The van der Waals surface area contributed by atoms with Crippen LogP contribution < -0.4 is 4.74 Å². The molecule has 0 aromatic heterocycles. The predicted molar refractivity (Wildman–Crippen MR) is 84.5 cm³/mol. The Balaban J connectivity index is 2.06. The smallest absolute Gasteiger partial charge is 0.173 e. The number of ether oxygens (including phenoxy) is 1. The van der Waals surface area contributed by atoms with Crippen LogP contribution in [0, 0.1) is 0 Å². The molecule has 0 atom stereocenters. The molecule has 0 amide bonds. The van der Waals surface area contributed by atoms with Crippen LogP contribution in [0.2, 0.25) is 10.0 Å². The van der Waals surface area contributed by atoms with Gasteiger partial charge in [-0.25, -0.2) is 0 Å². The standard InChI is InChI=1S/C15H12Cl2O2S/c1-19-12-4-2-3-10(7-12)14(18)9-20-15-8-11(16)5-6-13(15)17/h2-8H,9H2,1H3. The summed E-state index contributed by atoms with van der Waals surface area (Å²) in [4.78, 5) is 12.9. The van der Waals surface area contributed by atoms with E-state index in [2.05, 4.69) is 0 Å². The average Bonchev–Trinajstić information content (AvgIpc) is 2.48. The molecule has 0 aliphatic heterocycles. The van der Waals surface area contributed by atoms with Crippen molar-refractivity contribution in [2.75, 3.05) is 12.9 Å². The maximum absolute atomic E-state index is 12.1. The lowest BCUT2D eigenvalue weighted by Gasteiger charge is -2.06. The first-order valence-electron chi connectivity index (χ1n) is 5.85. The third kappa shape index (κ3) is 3.92. The van der Waals surface area contributed by atoms with Crippen molar-refractivity contribution in [3.8, 4) is 5.75 Å². The van der Waals surface area contributed by atoms with Crippen molar-refractivity contribution < 1.29 is 9.53 Å². The van der Waals surface area contributed by atoms with E-state index in [4.69, 9.17) is 27.9 Å². The zero-order valence-electron chi connectivity index (χ0n) is 10.7. The van der Waals surface area contributed by atoms with E-state index in [1.165, 1.54) is 11.8 Å². The molecule has 5 heteroatoms. The molecular weight excluding hydrogens is 315 g/mol. The molecule has 0 saturated carbocycles. The van der Waals surface area contributed by atoms with Crippen LogP contribution in [0.5, 0.6) is 5.75 Å². The second kappa shape index (κ2) is 7.02. The van der Waals surface area contributed by atoms with Gasteiger partial charge in [-0.2, -0.15) is 0 Å². The minimum atomic E-state index is 0.0185. The van der Waals surface area contributed by atoms with Crippen LogP contribution in [0.15, 0.2) is 47.4 Å². The Morgan fingerprint density at radius 2 is 2.00 bits per heavy atom. The van der Waals surface area contributed by atoms with Crippen molar-refractivity contribution in [3.63, 3.8) is 0 Å². The van der Waals surface area contributed by atoms with Crippen molar-refractivity contribution in [3.05, 3.63) is 58.1 Å². The number of thioether (sulfide) groups is 1. The number of Topliss-reactive ketones (excluding diaryl/α,β-unsaturated/α-hetero) is 1. The first-order valence-corrected chi connectivity index (χ1v) is 7.59. The molecule has 0 spiro atoms. The Bertz CT molecular complexity index is 629. The molecule has 0 saturated heterocycles. The second-order valence-electron chi connectivity index (χ2n) is 4.02. The van der Waals surface area contributed by atoms with Crippen LogP contribution >= 0.6 is 35.0 Å². The number of halogens is 2. The molecule has 20 heavy (non-hydrogen) atoms. The molecule has 0 bridgehead atoms. The summed E-state index contributed by atoms with van der Waals surface area (Å²) in [5.41, 5.74) is 0.620. The number of carbonyl (C=O) groups is 1. The summed E-state index contributed by atoms with van der Waals surface area (Å²) in [7, 11) is 1.57. The molecule has 0 heterocycles. The number of benzene rings is 2. The lowest BCUT2D eigenvalue weighted by atomic mass is 10.1. The molecular formula is C15H12Cl2O2S. The lowest BCUT2D eigenvalue weighted by molar-refractivity contribution is 0.102. The molecule has 2 nitrogen and oxygen atoms in total. The summed E-state index contributed by atoms with van der Waals surface area (Å²) in [6, 6.07) is 12.3. The predicted octanol–water partition coefficient (Wildman–Crippen LogP) is 4.98. The summed E-state index contributed by atoms with van der Waals surface area (Å²) in [6.07, 6.45) is 0. The third-order valence-corrected chi connectivity index (χ3v) is 4.38. The molecule has 0 N–H and O–H groups in total. The third-order valence-electron chi connectivity index (χ3n) is 2.64. The highest BCUT2D eigenvalue weighted by Crippen LogP contribution is 2.30. The first-order chi connectivity index (χ1) is 9.60. The fourth-order valence-corrected chi connectivity index (χ4v) is 3.00. The van der Waals surface area contributed by atoms with Gasteiger partial charge in [-0.05, 0) is 30.3 Å². The van der Waals surface area contributed by atoms with E-state index in [0.717, 1.165) is 4.90 Å². The van der Waals surface area contributed by atoms with E-state index in [9.17, 15) is 4.79 Å². The summed E-state index contributed by atoms with van der Waals surface area (Å²) in [5, 5.41) is 1.20. The number of ketones is 1. The second-order valence-corrected chi connectivity index (χ2v) is 5.88. The lowest BCUT2D eigenvalue weighted by Crippen LogP contribution is -2.02. The fourth-order valence-electron chi connectivity index (χ4n) is 1.61. The average molecular weight is 327 g/mol. The maximum Gasteiger partial charge on any atom is 0.173 e. The van der Waals surface area contributed by atoms with Gasteiger partial charge in [0, 0.05) is 15.5 Å². The monoisotopic (exact) mass is 326 g/mol. The molecule has 2 rings (SSSR count). The normalized spacial score (nSPS) is 10.3. The highest BCUT2D eigenvalue weighted by atomic mass is 35.5. The largest absolute Gasteiger partial charge is 0.497 e. The zero-order chi connectivity index (χ0) is 14.5. The van der Waals surface area contributed by atoms with Crippen molar-refractivity contribution in [1.82, 2.24) is 0 Å². The number of methoxy groups -OCH3 is 1. The Hall–Kier alpha value is -1.16. The molecule has 0 aliphatic rings. The Morgan fingerprint density at radius 1 is 1.20 bits per heavy atom. The Labute approximate surface area is 132 Å². The van der Waals surface area contributed by atoms with Gasteiger partial charge in [0.05, 0.1) is 17.9 Å². The first kappa shape index (κ1) is 15.2. The molecule has 0 aliphatic carbocycles. The molecule has 104 valence electrons. The molecule has 0 fully saturated rings. The Kier molecular flexibility index (Phi) is 5.35. The van der Waals surface area contributed by atoms with Gasteiger partial charge in [0.1, 0.15) is 5.75 Å². The molecule has 0 radical (unpaired) electrons. The highest BCUT2D eigenvalue weighted by Gasteiger charge is 2.09. The van der Waals surface area contributed by atoms with Gasteiger partial charge in [0.15, 0.2) is 5.78 Å². The minimum Gasteiger partial charge on any atom is -0.497 e. The fraction of sp³-hybridized carbons (Fsp3) is 0.133. The van der Waals surface area contributed by atoms with Crippen LogP contribution in [-0.2, 0) is 0 Å². The number of hydrogen-bond donors (Lipinski definition) is 0. The van der Waals surface area contributed by atoms with Crippen molar-refractivity contribution in [2.24, 2.45) is 0 Å². The quantitative estimate of drug-likeness (QED) is 0.572. The van der Waals surface area contributed by atoms with E-state index in [1.54, 1.807) is 49.6 Å². The van der Waals surface area contributed by atoms with E-state index in [-0.39, 0.29) is 5.78 Å². The summed E-state index contributed by atoms with van der Waals surface area (Å²) >= 11 is 13.3. The Morgan fingerprint density at radius 3 is 2.75 bits per heavy atom. The van der Waals surface area contributed by atoms with Gasteiger partial charge in [-0.3, -0.25) is 4.79 Å². The van der Waals surface area contributed by atoms with Crippen molar-refractivity contribution in [1.29, 1.82) is 0 Å². The van der Waals surface area contributed by atoms with Gasteiger partial charge in [-0.15, -0.1) is 11.8 Å². The van der Waals surface area contributed by atoms with Gasteiger partial charge in [0.25, 0.3) is 0 Å². The maximum atomic E-state index is 12.1. The summed E-state index contributed by atoms with van der Waals surface area (Å²) in [6.45, 7) is 0. The van der Waals surface area contributed by atoms with Gasteiger partial charge < -0.3 is 4.74 Å².